The lowest BCUT2D eigenvalue weighted by Crippen LogP contribution is -2.34. The Hall–Kier alpha value is -0.780. The molecule has 2 rings (SSSR count). The summed E-state index contributed by atoms with van der Waals surface area (Å²) in [6, 6.07) is 4.21. The number of rotatable bonds is 18. The first-order valence-electron chi connectivity index (χ1n) is 13.7. The lowest BCUT2D eigenvalue weighted by Gasteiger charge is -2.35. The van der Waals surface area contributed by atoms with Gasteiger partial charge in [0, 0.05) is 16.3 Å². The van der Waals surface area contributed by atoms with Crippen molar-refractivity contribution in [2.45, 2.75) is 116 Å². The summed E-state index contributed by atoms with van der Waals surface area (Å²) in [7, 11) is 0. The van der Waals surface area contributed by atoms with Gasteiger partial charge in [0.25, 0.3) is 0 Å². The Morgan fingerprint density at radius 2 is 1.26 bits per heavy atom. The lowest BCUT2D eigenvalue weighted by molar-refractivity contribution is -0.226. The van der Waals surface area contributed by atoms with Gasteiger partial charge in [-0.25, -0.2) is 0 Å². The molecule has 0 saturated carbocycles. The van der Waals surface area contributed by atoms with Crippen molar-refractivity contribution in [1.29, 1.82) is 0 Å². The summed E-state index contributed by atoms with van der Waals surface area (Å²) < 4.78 is 24.8. The standard InChI is InChI=1S/C29H49BrO4/c1-5-7-9-11-13-15-17-31-26-20-25(28-33-22-29(3,4)23-34-28)27(19-24(26)21-30)32-18-16-14-12-10-8-6-2/h19-20,28H,5-18,21-23H2,1-4H3. The SMILES string of the molecule is CCCCCCCCOc1cc(C2OCC(C)(C)CO2)c(OCCCCCCCC)cc1CBr. The van der Waals surface area contributed by atoms with E-state index in [1.54, 1.807) is 0 Å². The molecule has 0 amide bonds. The highest BCUT2D eigenvalue weighted by Crippen LogP contribution is 2.39. The molecule has 34 heavy (non-hydrogen) atoms. The number of halogens is 1. The molecule has 0 aliphatic carbocycles. The molecule has 1 aromatic carbocycles. The van der Waals surface area contributed by atoms with Gasteiger partial charge in [-0.3, -0.25) is 0 Å². The van der Waals surface area contributed by atoms with Crippen molar-refractivity contribution in [3.8, 4) is 11.5 Å². The molecule has 0 unspecified atom stereocenters. The molecule has 1 fully saturated rings. The molecule has 0 atom stereocenters. The molecule has 0 bridgehead atoms. The summed E-state index contributed by atoms with van der Waals surface area (Å²) in [6.45, 7) is 11.6. The summed E-state index contributed by atoms with van der Waals surface area (Å²) in [5.41, 5.74) is 2.09. The largest absolute Gasteiger partial charge is 0.493 e. The second-order valence-electron chi connectivity index (χ2n) is 10.5. The van der Waals surface area contributed by atoms with E-state index in [4.69, 9.17) is 18.9 Å². The van der Waals surface area contributed by atoms with E-state index >= 15 is 0 Å². The molecule has 0 spiro atoms. The van der Waals surface area contributed by atoms with Crippen LogP contribution in [0.2, 0.25) is 0 Å². The van der Waals surface area contributed by atoms with Gasteiger partial charge in [-0.15, -0.1) is 0 Å². The van der Waals surface area contributed by atoms with E-state index in [0.29, 0.717) is 13.2 Å². The molecule has 0 N–H and O–H groups in total. The van der Waals surface area contributed by atoms with Crippen LogP contribution in [-0.2, 0) is 14.8 Å². The Labute approximate surface area is 217 Å². The van der Waals surface area contributed by atoms with Crippen molar-refractivity contribution >= 4 is 15.9 Å². The molecule has 196 valence electrons. The van der Waals surface area contributed by atoms with Crippen LogP contribution in [0.15, 0.2) is 12.1 Å². The Bertz CT molecular complexity index is 666. The zero-order chi connectivity index (χ0) is 24.7. The van der Waals surface area contributed by atoms with Crippen LogP contribution in [-0.4, -0.2) is 26.4 Å². The van der Waals surface area contributed by atoms with E-state index in [0.717, 1.165) is 54.0 Å². The molecular formula is C29H49BrO4. The summed E-state index contributed by atoms with van der Waals surface area (Å²) in [6.07, 6.45) is 14.6. The van der Waals surface area contributed by atoms with Gasteiger partial charge in [0.1, 0.15) is 11.5 Å². The average Bonchev–Trinajstić information content (AvgIpc) is 2.83. The topological polar surface area (TPSA) is 36.9 Å². The number of benzene rings is 1. The molecule has 1 aromatic rings. The Balaban J connectivity index is 2.02. The van der Waals surface area contributed by atoms with E-state index in [2.05, 4.69) is 55.8 Å². The summed E-state index contributed by atoms with van der Waals surface area (Å²) in [5.74, 6) is 1.77. The van der Waals surface area contributed by atoms with Crippen LogP contribution in [0.5, 0.6) is 11.5 Å². The first kappa shape index (κ1) is 29.5. The average molecular weight is 542 g/mol. The normalized spacial score (nSPS) is 16.0. The number of hydrogen-bond acceptors (Lipinski definition) is 4. The van der Waals surface area contributed by atoms with E-state index < -0.39 is 6.29 Å². The minimum absolute atomic E-state index is 0.0307. The van der Waals surface area contributed by atoms with Crippen LogP contribution in [0.1, 0.15) is 122 Å². The fourth-order valence-corrected chi connectivity index (χ4v) is 4.60. The van der Waals surface area contributed by atoms with Crippen LogP contribution in [0.25, 0.3) is 0 Å². The van der Waals surface area contributed by atoms with Crippen molar-refractivity contribution < 1.29 is 18.9 Å². The van der Waals surface area contributed by atoms with Crippen LogP contribution in [0.3, 0.4) is 0 Å². The molecule has 4 nitrogen and oxygen atoms in total. The highest BCUT2D eigenvalue weighted by molar-refractivity contribution is 9.08. The Morgan fingerprint density at radius 1 is 0.765 bits per heavy atom. The van der Waals surface area contributed by atoms with Crippen molar-refractivity contribution in [1.82, 2.24) is 0 Å². The van der Waals surface area contributed by atoms with Gasteiger partial charge < -0.3 is 18.9 Å². The fourth-order valence-electron chi connectivity index (χ4n) is 4.17. The van der Waals surface area contributed by atoms with Gasteiger partial charge >= 0.3 is 0 Å². The van der Waals surface area contributed by atoms with E-state index in [-0.39, 0.29) is 5.41 Å². The molecule has 5 heteroatoms. The lowest BCUT2D eigenvalue weighted by atomic mass is 9.95. The van der Waals surface area contributed by atoms with Gasteiger partial charge in [-0.2, -0.15) is 0 Å². The number of ether oxygens (including phenoxy) is 4. The first-order valence-corrected chi connectivity index (χ1v) is 14.8. The van der Waals surface area contributed by atoms with Crippen LogP contribution in [0, 0.1) is 5.41 Å². The quantitative estimate of drug-likeness (QED) is 0.137. The fraction of sp³-hybridized carbons (Fsp3) is 0.793. The number of unbranched alkanes of at least 4 members (excludes halogenated alkanes) is 10. The van der Waals surface area contributed by atoms with E-state index in [1.807, 2.05) is 0 Å². The predicted molar refractivity (Wildman–Crippen MR) is 145 cm³/mol. The predicted octanol–water partition coefficient (Wildman–Crippen LogP) is 9.13. The number of hydrogen-bond donors (Lipinski definition) is 0. The van der Waals surface area contributed by atoms with E-state index in [1.165, 1.54) is 64.2 Å². The zero-order valence-corrected chi connectivity index (χ0v) is 23.8. The van der Waals surface area contributed by atoms with Crippen LogP contribution in [0.4, 0.5) is 0 Å². The van der Waals surface area contributed by atoms with Gasteiger partial charge in [-0.1, -0.05) is 108 Å². The van der Waals surface area contributed by atoms with E-state index in [9.17, 15) is 0 Å². The highest BCUT2D eigenvalue weighted by Gasteiger charge is 2.31. The molecule has 1 saturated heterocycles. The van der Waals surface area contributed by atoms with Gasteiger partial charge in [-0.05, 0) is 25.0 Å². The van der Waals surface area contributed by atoms with Crippen molar-refractivity contribution in [3.63, 3.8) is 0 Å². The minimum atomic E-state index is -0.409. The highest BCUT2D eigenvalue weighted by atomic mass is 79.9. The second-order valence-corrected chi connectivity index (χ2v) is 11.0. The summed E-state index contributed by atoms with van der Waals surface area (Å²) in [4.78, 5) is 0. The van der Waals surface area contributed by atoms with Gasteiger partial charge in [0.15, 0.2) is 6.29 Å². The molecule has 0 radical (unpaired) electrons. The van der Waals surface area contributed by atoms with Crippen molar-refractivity contribution in [2.24, 2.45) is 5.41 Å². The maximum atomic E-state index is 6.29. The zero-order valence-electron chi connectivity index (χ0n) is 22.3. The molecule has 1 aliphatic rings. The second kappa shape index (κ2) is 16.8. The molecule has 1 heterocycles. The minimum Gasteiger partial charge on any atom is -0.493 e. The maximum absolute atomic E-state index is 6.29. The maximum Gasteiger partial charge on any atom is 0.187 e. The van der Waals surface area contributed by atoms with Gasteiger partial charge in [0.2, 0.25) is 0 Å². The Morgan fingerprint density at radius 3 is 1.79 bits per heavy atom. The van der Waals surface area contributed by atoms with Crippen molar-refractivity contribution in [3.05, 3.63) is 23.3 Å². The third-order valence-corrected chi connectivity index (χ3v) is 6.96. The van der Waals surface area contributed by atoms with Gasteiger partial charge in [0.05, 0.1) is 32.0 Å². The summed E-state index contributed by atoms with van der Waals surface area (Å²) in [5, 5.41) is 0.728. The number of alkyl halides is 1. The van der Waals surface area contributed by atoms with Crippen molar-refractivity contribution in [2.75, 3.05) is 26.4 Å². The smallest absolute Gasteiger partial charge is 0.187 e. The molecule has 0 aromatic heterocycles. The molecular weight excluding hydrogens is 492 g/mol. The monoisotopic (exact) mass is 540 g/mol. The van der Waals surface area contributed by atoms with Crippen LogP contribution >= 0.6 is 15.9 Å². The first-order chi connectivity index (χ1) is 16.5. The third kappa shape index (κ3) is 10.9. The molecule has 1 aliphatic heterocycles. The summed E-state index contributed by atoms with van der Waals surface area (Å²) >= 11 is 3.65. The third-order valence-electron chi connectivity index (χ3n) is 6.35. The Kier molecular flexibility index (Phi) is 14.6. The van der Waals surface area contributed by atoms with Crippen LogP contribution < -0.4 is 9.47 Å².